The molecule has 0 aromatic heterocycles. The van der Waals surface area contributed by atoms with E-state index < -0.39 is 6.03 Å². The van der Waals surface area contributed by atoms with Gasteiger partial charge >= 0.3 is 6.03 Å². The summed E-state index contributed by atoms with van der Waals surface area (Å²) in [7, 11) is 3.90. The van der Waals surface area contributed by atoms with Gasteiger partial charge in [-0.25, -0.2) is 4.79 Å². The molecule has 2 N–H and O–H groups in total. The molecule has 0 bridgehead atoms. The van der Waals surface area contributed by atoms with Crippen molar-refractivity contribution in [3.63, 3.8) is 0 Å². The van der Waals surface area contributed by atoms with E-state index in [0.717, 1.165) is 13.0 Å². The summed E-state index contributed by atoms with van der Waals surface area (Å²) in [4.78, 5) is 24.8. The van der Waals surface area contributed by atoms with E-state index in [0.29, 0.717) is 5.92 Å². The van der Waals surface area contributed by atoms with Crippen molar-refractivity contribution >= 4 is 23.5 Å². The maximum absolute atomic E-state index is 11.6. The summed E-state index contributed by atoms with van der Waals surface area (Å²) in [6.45, 7) is 4.94. The van der Waals surface area contributed by atoms with Gasteiger partial charge in [-0.15, -0.1) is 11.6 Å². The molecule has 106 valence electrons. The highest BCUT2D eigenvalue weighted by Crippen LogP contribution is 2.05. The number of urea groups is 1. The van der Waals surface area contributed by atoms with Gasteiger partial charge in [-0.2, -0.15) is 0 Å². The van der Waals surface area contributed by atoms with Crippen molar-refractivity contribution < 1.29 is 9.59 Å². The van der Waals surface area contributed by atoms with Gasteiger partial charge in [-0.3, -0.25) is 10.1 Å². The van der Waals surface area contributed by atoms with Crippen molar-refractivity contribution in [2.24, 2.45) is 5.92 Å². The Morgan fingerprint density at radius 3 is 2.33 bits per heavy atom. The number of nitrogens with zero attached hydrogens (tertiary/aromatic N) is 1. The molecule has 0 fully saturated rings. The van der Waals surface area contributed by atoms with Crippen LogP contribution >= 0.6 is 11.6 Å². The third-order valence-electron chi connectivity index (χ3n) is 2.25. The average Bonchev–Trinajstić information content (AvgIpc) is 2.14. The first-order valence-corrected chi connectivity index (χ1v) is 6.69. The lowest BCUT2D eigenvalue weighted by atomic mass is 10.0. The smallest absolute Gasteiger partial charge is 0.321 e. The summed E-state index contributed by atoms with van der Waals surface area (Å²) in [5, 5.41) is 5.08. The lowest BCUT2D eigenvalue weighted by Gasteiger charge is -2.23. The molecule has 0 aromatic carbocycles. The van der Waals surface area contributed by atoms with E-state index >= 15 is 0 Å². The first-order valence-electron chi connectivity index (χ1n) is 6.16. The van der Waals surface area contributed by atoms with Crippen LogP contribution in [-0.2, 0) is 4.79 Å². The predicted molar refractivity (Wildman–Crippen MR) is 73.8 cm³/mol. The number of likely N-dealkylation sites (N-methyl/N-ethyl adjacent to an activating group) is 1. The Bertz CT molecular complexity index is 260. The lowest BCUT2D eigenvalue weighted by molar-refractivity contribution is -0.119. The SMILES string of the molecule is CC(C)CC(CN(C)C)NC(=O)NC(=O)CCCl. The fourth-order valence-corrected chi connectivity index (χ4v) is 1.86. The molecule has 0 heterocycles. The molecule has 0 radical (unpaired) electrons. The molecule has 0 rings (SSSR count). The van der Waals surface area contributed by atoms with Crippen molar-refractivity contribution in [3.05, 3.63) is 0 Å². The van der Waals surface area contributed by atoms with Crippen molar-refractivity contribution in [2.45, 2.75) is 32.7 Å². The van der Waals surface area contributed by atoms with E-state index in [4.69, 9.17) is 11.6 Å². The topological polar surface area (TPSA) is 61.4 Å². The van der Waals surface area contributed by atoms with E-state index in [-0.39, 0.29) is 24.2 Å². The van der Waals surface area contributed by atoms with Crippen LogP contribution in [0.25, 0.3) is 0 Å². The van der Waals surface area contributed by atoms with Crippen LogP contribution in [0.15, 0.2) is 0 Å². The lowest BCUT2D eigenvalue weighted by Crippen LogP contribution is -2.48. The molecule has 18 heavy (non-hydrogen) atoms. The molecule has 0 aromatic rings. The highest BCUT2D eigenvalue weighted by Gasteiger charge is 2.16. The molecular formula is C12H24ClN3O2. The third kappa shape index (κ3) is 9.24. The monoisotopic (exact) mass is 277 g/mol. The zero-order chi connectivity index (χ0) is 14.1. The number of carbonyl (C=O) groups is 2. The van der Waals surface area contributed by atoms with Crippen molar-refractivity contribution in [3.8, 4) is 0 Å². The molecule has 0 aliphatic rings. The second-order valence-electron chi connectivity index (χ2n) is 5.05. The molecular weight excluding hydrogens is 254 g/mol. The largest absolute Gasteiger partial charge is 0.334 e. The van der Waals surface area contributed by atoms with Gasteiger partial charge in [0.2, 0.25) is 5.91 Å². The quantitative estimate of drug-likeness (QED) is 0.692. The normalized spacial score (nSPS) is 12.6. The number of alkyl halides is 1. The van der Waals surface area contributed by atoms with Crippen molar-refractivity contribution in [2.75, 3.05) is 26.5 Å². The fourth-order valence-electron chi connectivity index (χ4n) is 1.69. The van der Waals surface area contributed by atoms with Crippen LogP contribution in [0, 0.1) is 5.92 Å². The number of halogens is 1. The van der Waals surface area contributed by atoms with Crippen LogP contribution < -0.4 is 10.6 Å². The first kappa shape index (κ1) is 17.2. The van der Waals surface area contributed by atoms with E-state index in [1.54, 1.807) is 0 Å². The Labute approximate surface area is 114 Å². The van der Waals surface area contributed by atoms with Crippen LogP contribution in [0.3, 0.4) is 0 Å². The number of nitrogens with one attached hydrogen (secondary N) is 2. The molecule has 0 aliphatic heterocycles. The number of hydrogen-bond acceptors (Lipinski definition) is 3. The summed E-state index contributed by atoms with van der Waals surface area (Å²) in [6, 6.07) is -0.415. The molecule has 1 atom stereocenters. The molecule has 0 saturated carbocycles. The van der Waals surface area contributed by atoms with Crippen LogP contribution in [0.1, 0.15) is 26.7 Å². The summed E-state index contributed by atoms with van der Waals surface area (Å²) < 4.78 is 0. The van der Waals surface area contributed by atoms with E-state index in [9.17, 15) is 9.59 Å². The molecule has 0 aliphatic carbocycles. The van der Waals surface area contributed by atoms with Crippen LogP contribution in [0.2, 0.25) is 0 Å². The second-order valence-corrected chi connectivity index (χ2v) is 5.43. The zero-order valence-electron chi connectivity index (χ0n) is 11.6. The van der Waals surface area contributed by atoms with Crippen LogP contribution in [0.4, 0.5) is 4.79 Å². The standard InChI is InChI=1S/C12H24ClN3O2/c1-9(2)7-10(8-16(3)4)14-12(18)15-11(17)5-6-13/h9-10H,5-8H2,1-4H3,(H2,14,15,17,18). The molecule has 0 saturated heterocycles. The maximum atomic E-state index is 11.6. The van der Waals surface area contributed by atoms with Gasteiger partial charge in [-0.1, -0.05) is 13.8 Å². The Kier molecular flexibility index (Phi) is 8.75. The summed E-state index contributed by atoms with van der Waals surface area (Å²) in [5.41, 5.74) is 0. The molecule has 6 heteroatoms. The van der Waals surface area contributed by atoms with E-state index in [1.165, 1.54) is 0 Å². The maximum Gasteiger partial charge on any atom is 0.321 e. The summed E-state index contributed by atoms with van der Waals surface area (Å²) in [6.07, 6.45) is 1.02. The highest BCUT2D eigenvalue weighted by atomic mass is 35.5. The minimum atomic E-state index is -0.447. The second kappa shape index (κ2) is 9.16. The predicted octanol–water partition coefficient (Wildman–Crippen LogP) is 1.42. The van der Waals surface area contributed by atoms with Gasteiger partial charge in [0.15, 0.2) is 0 Å². The number of amides is 3. The Hall–Kier alpha value is -0.810. The van der Waals surface area contributed by atoms with Gasteiger partial charge in [-0.05, 0) is 26.4 Å². The third-order valence-corrected chi connectivity index (χ3v) is 2.44. The Morgan fingerprint density at radius 2 is 1.89 bits per heavy atom. The highest BCUT2D eigenvalue weighted by molar-refractivity contribution is 6.19. The number of imide groups is 1. The number of carbonyl (C=O) groups excluding carboxylic acids is 2. The number of rotatable bonds is 7. The molecule has 0 spiro atoms. The minimum Gasteiger partial charge on any atom is -0.334 e. The Balaban J connectivity index is 4.21. The average molecular weight is 278 g/mol. The molecule has 5 nitrogen and oxygen atoms in total. The van der Waals surface area contributed by atoms with Crippen LogP contribution in [-0.4, -0.2) is 49.4 Å². The molecule has 1 unspecified atom stereocenters. The summed E-state index contributed by atoms with van der Waals surface area (Å²) >= 11 is 5.42. The Morgan fingerprint density at radius 1 is 1.28 bits per heavy atom. The van der Waals surface area contributed by atoms with Gasteiger partial charge in [0.25, 0.3) is 0 Å². The van der Waals surface area contributed by atoms with Crippen LogP contribution in [0.5, 0.6) is 0 Å². The first-order chi connectivity index (χ1) is 8.35. The van der Waals surface area contributed by atoms with Gasteiger partial charge in [0, 0.05) is 24.9 Å². The number of hydrogen-bond donors (Lipinski definition) is 2. The fraction of sp³-hybridized carbons (Fsp3) is 0.833. The molecule has 3 amide bonds. The zero-order valence-corrected chi connectivity index (χ0v) is 12.4. The van der Waals surface area contributed by atoms with Gasteiger partial charge in [0.1, 0.15) is 0 Å². The van der Waals surface area contributed by atoms with Crippen molar-refractivity contribution in [1.29, 1.82) is 0 Å². The van der Waals surface area contributed by atoms with Gasteiger partial charge in [0.05, 0.1) is 0 Å². The van der Waals surface area contributed by atoms with Crippen molar-refractivity contribution in [1.82, 2.24) is 15.5 Å². The van der Waals surface area contributed by atoms with E-state index in [2.05, 4.69) is 24.5 Å². The minimum absolute atomic E-state index is 0.0313. The van der Waals surface area contributed by atoms with Gasteiger partial charge < -0.3 is 10.2 Å². The summed E-state index contributed by atoms with van der Waals surface area (Å²) in [5.74, 6) is 0.344. The van der Waals surface area contributed by atoms with E-state index in [1.807, 2.05) is 19.0 Å².